The van der Waals surface area contributed by atoms with Gasteiger partial charge in [0.1, 0.15) is 6.20 Å². The molecule has 0 aliphatic carbocycles. The summed E-state index contributed by atoms with van der Waals surface area (Å²) in [5.74, 6) is 0.121. The highest BCUT2D eigenvalue weighted by molar-refractivity contribution is 6.01. The number of pyridine rings is 1. The lowest BCUT2D eigenvalue weighted by atomic mass is 9.91. The Balaban J connectivity index is 1.58. The second-order valence-corrected chi connectivity index (χ2v) is 8.73. The van der Waals surface area contributed by atoms with Crippen molar-refractivity contribution in [3.8, 4) is 0 Å². The number of nitrogens with one attached hydrogen (secondary N) is 1. The average molecular weight is 471 g/mol. The third-order valence-electron chi connectivity index (χ3n) is 6.63. The van der Waals surface area contributed by atoms with Gasteiger partial charge in [-0.25, -0.2) is 0 Å². The molecule has 1 aromatic carbocycles. The van der Waals surface area contributed by atoms with E-state index in [9.17, 15) is 9.59 Å². The van der Waals surface area contributed by atoms with Gasteiger partial charge in [0.2, 0.25) is 0 Å². The molecule has 1 aliphatic rings. The number of carbonyl (C=O) groups is 2. The maximum absolute atomic E-state index is 13.5. The molecule has 0 unspecified atom stereocenters. The van der Waals surface area contributed by atoms with E-state index in [1.54, 1.807) is 18.3 Å². The summed E-state index contributed by atoms with van der Waals surface area (Å²) >= 11 is 0. The number of nitrogens with zero attached hydrogens (tertiary/aromatic N) is 3. The maximum Gasteiger partial charge on any atom is 0.269 e. The first-order valence-electron chi connectivity index (χ1n) is 12.1. The van der Waals surface area contributed by atoms with E-state index in [2.05, 4.69) is 15.1 Å². The van der Waals surface area contributed by atoms with Crippen LogP contribution in [-0.2, 0) is 17.9 Å². The molecule has 0 bridgehead atoms. The minimum atomic E-state index is -0.194. The van der Waals surface area contributed by atoms with Crippen molar-refractivity contribution in [2.24, 2.45) is 0 Å². The molecule has 3 heterocycles. The van der Waals surface area contributed by atoms with Gasteiger partial charge in [-0.2, -0.15) is 0 Å². The predicted molar refractivity (Wildman–Crippen MR) is 134 cm³/mol. The van der Waals surface area contributed by atoms with Gasteiger partial charge >= 0.3 is 0 Å². The molecule has 35 heavy (non-hydrogen) atoms. The van der Waals surface area contributed by atoms with Crippen LogP contribution in [0.3, 0.4) is 0 Å². The molecule has 2 aromatic heterocycles. The van der Waals surface area contributed by atoms with Crippen molar-refractivity contribution in [2.45, 2.75) is 58.2 Å². The minimum absolute atomic E-state index is 0.0107. The average Bonchev–Trinajstić information content (AvgIpc) is 3.31. The fraction of sp³-hybridized carbons (Fsp3) is 0.357. The number of hydrogen-bond donors (Lipinski definition) is 1. The van der Waals surface area contributed by atoms with Crippen LogP contribution in [0, 0.1) is 6.57 Å². The molecule has 1 N–H and O–H groups in total. The number of rotatable bonds is 9. The van der Waals surface area contributed by atoms with Crippen LogP contribution in [-0.4, -0.2) is 27.8 Å². The normalized spacial score (nSPS) is 14.4. The molecule has 0 spiro atoms. The van der Waals surface area contributed by atoms with Crippen LogP contribution in [0.5, 0.6) is 0 Å². The van der Waals surface area contributed by atoms with Crippen LogP contribution >= 0.6 is 0 Å². The number of Topliss-reactive ketones (excluding diaryl/α,β-unsaturated/α-hetero) is 1. The molecule has 0 radical (unpaired) electrons. The van der Waals surface area contributed by atoms with E-state index < -0.39 is 0 Å². The SMILES string of the molecule is [C-]#[N+]c1ccc([C@@H](CC)CC(=O)c2cc(C(=O)N[C@H](CC)c3ccccc3)c3n2CCOC3)cn1. The Morgan fingerprint density at radius 3 is 2.60 bits per heavy atom. The Hall–Kier alpha value is -3.76. The zero-order valence-electron chi connectivity index (χ0n) is 20.2. The molecule has 1 amide bonds. The van der Waals surface area contributed by atoms with Crippen molar-refractivity contribution in [3.05, 3.63) is 94.2 Å². The van der Waals surface area contributed by atoms with Crippen molar-refractivity contribution >= 4 is 17.5 Å². The zero-order chi connectivity index (χ0) is 24.8. The van der Waals surface area contributed by atoms with E-state index in [0.29, 0.717) is 43.3 Å². The van der Waals surface area contributed by atoms with Gasteiger partial charge in [-0.15, -0.1) is 4.98 Å². The number of carbonyl (C=O) groups excluding carboxylic acids is 2. The van der Waals surface area contributed by atoms with Crippen LogP contribution in [0.2, 0.25) is 0 Å². The fourth-order valence-electron chi connectivity index (χ4n) is 4.63. The number of ketones is 1. The predicted octanol–water partition coefficient (Wildman–Crippen LogP) is 5.61. The van der Waals surface area contributed by atoms with Gasteiger partial charge in [-0.05, 0) is 42.0 Å². The van der Waals surface area contributed by atoms with Gasteiger partial charge < -0.3 is 19.5 Å². The summed E-state index contributed by atoms with van der Waals surface area (Å²) in [5.41, 5.74) is 3.78. The maximum atomic E-state index is 13.5. The summed E-state index contributed by atoms with van der Waals surface area (Å²) in [6.45, 7) is 12.5. The van der Waals surface area contributed by atoms with E-state index in [4.69, 9.17) is 11.3 Å². The van der Waals surface area contributed by atoms with Crippen LogP contribution in [0.1, 0.15) is 82.7 Å². The lowest BCUT2D eigenvalue weighted by Crippen LogP contribution is -2.29. The number of fused-ring (bicyclic) bond motifs is 1. The molecular formula is C28H30N4O3. The Morgan fingerprint density at radius 2 is 1.94 bits per heavy atom. The summed E-state index contributed by atoms with van der Waals surface area (Å²) in [6, 6.07) is 15.1. The number of benzene rings is 1. The molecule has 0 fully saturated rings. The molecule has 7 nitrogen and oxygen atoms in total. The summed E-state index contributed by atoms with van der Waals surface area (Å²) < 4.78 is 7.59. The van der Waals surface area contributed by atoms with Crippen molar-refractivity contribution < 1.29 is 14.3 Å². The highest BCUT2D eigenvalue weighted by Gasteiger charge is 2.28. The topological polar surface area (TPSA) is 77.6 Å². The lowest BCUT2D eigenvalue weighted by molar-refractivity contribution is 0.0780. The van der Waals surface area contributed by atoms with Crippen molar-refractivity contribution in [3.63, 3.8) is 0 Å². The molecule has 3 aromatic rings. The number of aromatic nitrogens is 2. The number of ether oxygens (including phenoxy) is 1. The van der Waals surface area contributed by atoms with Crippen LogP contribution in [0.15, 0.2) is 54.7 Å². The zero-order valence-corrected chi connectivity index (χ0v) is 20.2. The van der Waals surface area contributed by atoms with Crippen molar-refractivity contribution in [1.82, 2.24) is 14.9 Å². The quantitative estimate of drug-likeness (QED) is 0.326. The largest absolute Gasteiger partial charge is 0.373 e. The fourth-order valence-corrected chi connectivity index (χ4v) is 4.63. The van der Waals surface area contributed by atoms with Gasteiger partial charge in [0.25, 0.3) is 11.7 Å². The molecule has 4 rings (SSSR count). The van der Waals surface area contributed by atoms with E-state index in [-0.39, 0.29) is 23.7 Å². The first-order valence-corrected chi connectivity index (χ1v) is 12.1. The van der Waals surface area contributed by atoms with E-state index >= 15 is 0 Å². The molecule has 1 aliphatic heterocycles. The highest BCUT2D eigenvalue weighted by Crippen LogP contribution is 2.29. The van der Waals surface area contributed by atoms with Crippen LogP contribution in [0.4, 0.5) is 5.82 Å². The Morgan fingerprint density at radius 1 is 1.14 bits per heavy atom. The summed E-state index contributed by atoms with van der Waals surface area (Å²) in [6.07, 6.45) is 3.52. The third-order valence-corrected chi connectivity index (χ3v) is 6.63. The Bertz CT molecular complexity index is 1230. The third kappa shape index (κ3) is 5.33. The molecule has 7 heteroatoms. The van der Waals surface area contributed by atoms with E-state index in [1.165, 1.54) is 0 Å². The smallest absolute Gasteiger partial charge is 0.269 e. The van der Waals surface area contributed by atoms with Crippen LogP contribution in [0.25, 0.3) is 4.85 Å². The standard InChI is InChI=1S/C28H30N4O3/c1-4-19(21-11-12-27(29-3)30-17-21)15-26(33)24-16-22(25-18-35-14-13-32(24)25)28(34)31-23(5-2)20-9-7-6-8-10-20/h6-12,16-17,19,23H,4-5,13-15,18H2,1-2H3,(H,31,34)/t19-,23+/m0/s1. The second kappa shape index (κ2) is 11.1. The minimum Gasteiger partial charge on any atom is -0.373 e. The monoisotopic (exact) mass is 470 g/mol. The van der Waals surface area contributed by atoms with E-state index in [1.807, 2.05) is 54.8 Å². The highest BCUT2D eigenvalue weighted by atomic mass is 16.5. The lowest BCUT2D eigenvalue weighted by Gasteiger charge is -2.21. The summed E-state index contributed by atoms with van der Waals surface area (Å²) in [4.78, 5) is 34.3. The molecule has 180 valence electrons. The number of hydrogen-bond acceptors (Lipinski definition) is 4. The first kappa shape index (κ1) is 24.4. The Kier molecular flexibility index (Phi) is 7.74. The van der Waals surface area contributed by atoms with Crippen molar-refractivity contribution in [1.29, 1.82) is 0 Å². The van der Waals surface area contributed by atoms with E-state index in [0.717, 1.165) is 29.7 Å². The van der Waals surface area contributed by atoms with Gasteiger partial charge in [0.15, 0.2) is 5.78 Å². The molecule has 0 saturated carbocycles. The Labute approximate surface area is 206 Å². The van der Waals surface area contributed by atoms with Gasteiger partial charge in [-0.1, -0.05) is 56.8 Å². The van der Waals surface area contributed by atoms with Crippen molar-refractivity contribution in [2.75, 3.05) is 6.61 Å². The van der Waals surface area contributed by atoms with Gasteiger partial charge in [0, 0.05) is 13.0 Å². The van der Waals surface area contributed by atoms with Gasteiger partial charge in [0.05, 0.1) is 36.2 Å². The second-order valence-electron chi connectivity index (χ2n) is 8.73. The first-order chi connectivity index (χ1) is 17.0. The molecular weight excluding hydrogens is 440 g/mol. The van der Waals surface area contributed by atoms with Crippen LogP contribution < -0.4 is 5.32 Å². The summed E-state index contributed by atoms with van der Waals surface area (Å²) in [5, 5.41) is 3.14. The summed E-state index contributed by atoms with van der Waals surface area (Å²) in [7, 11) is 0. The molecule has 0 saturated heterocycles. The molecule has 2 atom stereocenters. The van der Waals surface area contributed by atoms with Gasteiger partial charge in [-0.3, -0.25) is 9.59 Å². The number of amides is 1.